The number of rotatable bonds is 5. The van der Waals surface area contributed by atoms with Crippen molar-refractivity contribution in [2.45, 2.75) is 58.1 Å². The van der Waals surface area contributed by atoms with Crippen molar-refractivity contribution in [1.82, 2.24) is 10.2 Å². The number of carbonyl (C=O) groups excluding carboxylic acids is 2. The maximum atomic E-state index is 12.5. The summed E-state index contributed by atoms with van der Waals surface area (Å²) in [5.74, 6) is 0.160. The fourth-order valence-corrected chi connectivity index (χ4v) is 2.97. The molecule has 1 unspecified atom stereocenters. The smallest absolute Gasteiger partial charge is 0.407 e. The van der Waals surface area contributed by atoms with E-state index in [1.54, 1.807) is 0 Å². The second-order valence-corrected chi connectivity index (χ2v) is 7.19. The van der Waals surface area contributed by atoms with Gasteiger partial charge in [-0.15, -0.1) is 0 Å². The van der Waals surface area contributed by atoms with Gasteiger partial charge in [-0.1, -0.05) is 30.3 Å². The molecule has 2 amide bonds. The number of hydrogen-bond acceptors (Lipinski definition) is 3. The molecule has 1 aromatic rings. The number of nitrogens with one attached hydrogen (secondary N) is 1. The predicted molar refractivity (Wildman–Crippen MR) is 93.6 cm³/mol. The molecule has 1 aliphatic rings. The van der Waals surface area contributed by atoms with E-state index in [0.717, 1.165) is 19.4 Å². The zero-order valence-corrected chi connectivity index (χ0v) is 14.9. The minimum Gasteiger partial charge on any atom is -0.444 e. The first-order valence-corrected chi connectivity index (χ1v) is 8.68. The maximum Gasteiger partial charge on any atom is 0.407 e. The summed E-state index contributed by atoms with van der Waals surface area (Å²) in [4.78, 5) is 26.0. The molecular formula is C19H28N2O3. The zero-order valence-electron chi connectivity index (χ0n) is 14.9. The van der Waals surface area contributed by atoms with Crippen LogP contribution in [0.4, 0.5) is 4.79 Å². The molecule has 2 rings (SSSR count). The topological polar surface area (TPSA) is 58.6 Å². The highest BCUT2D eigenvalue weighted by molar-refractivity contribution is 5.77. The molecular weight excluding hydrogens is 304 g/mol. The van der Waals surface area contributed by atoms with Gasteiger partial charge in [-0.05, 0) is 45.6 Å². The Hall–Kier alpha value is -2.04. The third kappa shape index (κ3) is 5.55. The SMILES string of the molecule is CC(C)(C)OC(=O)NCCCC(=O)N1CCCC1c1ccccc1. The lowest BCUT2D eigenvalue weighted by Crippen LogP contribution is -2.34. The van der Waals surface area contributed by atoms with Crippen molar-refractivity contribution in [3.8, 4) is 0 Å². The van der Waals surface area contributed by atoms with Crippen LogP contribution in [0.2, 0.25) is 0 Å². The van der Waals surface area contributed by atoms with E-state index in [2.05, 4.69) is 17.4 Å². The molecule has 24 heavy (non-hydrogen) atoms. The number of benzene rings is 1. The number of amides is 2. The fourth-order valence-electron chi connectivity index (χ4n) is 2.97. The number of ether oxygens (including phenoxy) is 1. The van der Waals surface area contributed by atoms with E-state index in [4.69, 9.17) is 4.74 Å². The summed E-state index contributed by atoms with van der Waals surface area (Å²) in [6, 6.07) is 10.4. The van der Waals surface area contributed by atoms with Crippen molar-refractivity contribution < 1.29 is 14.3 Å². The molecule has 0 aliphatic carbocycles. The van der Waals surface area contributed by atoms with Gasteiger partial charge in [0.25, 0.3) is 0 Å². The molecule has 0 saturated carbocycles. The van der Waals surface area contributed by atoms with Crippen molar-refractivity contribution in [3.05, 3.63) is 35.9 Å². The molecule has 0 aromatic heterocycles. The van der Waals surface area contributed by atoms with Gasteiger partial charge in [0, 0.05) is 19.5 Å². The van der Waals surface area contributed by atoms with Gasteiger partial charge >= 0.3 is 6.09 Å². The van der Waals surface area contributed by atoms with Crippen molar-refractivity contribution in [2.24, 2.45) is 0 Å². The zero-order chi connectivity index (χ0) is 17.6. The minimum atomic E-state index is -0.502. The Bertz CT molecular complexity index is 551. The van der Waals surface area contributed by atoms with Crippen molar-refractivity contribution in [1.29, 1.82) is 0 Å². The fraction of sp³-hybridized carbons (Fsp3) is 0.579. The highest BCUT2D eigenvalue weighted by Crippen LogP contribution is 2.32. The van der Waals surface area contributed by atoms with Crippen LogP contribution < -0.4 is 5.32 Å². The Morgan fingerprint density at radius 2 is 1.96 bits per heavy atom. The summed E-state index contributed by atoms with van der Waals surface area (Å²) in [6.45, 7) is 6.75. The number of alkyl carbamates (subject to hydrolysis) is 1. The highest BCUT2D eigenvalue weighted by atomic mass is 16.6. The van der Waals surface area contributed by atoms with Crippen LogP contribution in [-0.4, -0.2) is 35.6 Å². The lowest BCUT2D eigenvalue weighted by molar-refractivity contribution is -0.132. The molecule has 1 saturated heterocycles. The predicted octanol–water partition coefficient (Wildman–Crippen LogP) is 3.66. The number of likely N-dealkylation sites (tertiary alicyclic amines) is 1. The van der Waals surface area contributed by atoms with Crippen molar-refractivity contribution in [3.63, 3.8) is 0 Å². The van der Waals surface area contributed by atoms with Gasteiger partial charge in [-0.25, -0.2) is 4.79 Å². The van der Waals surface area contributed by atoms with Gasteiger partial charge in [0.15, 0.2) is 0 Å². The van der Waals surface area contributed by atoms with Gasteiger partial charge in [-0.3, -0.25) is 4.79 Å². The molecule has 1 atom stereocenters. The van der Waals surface area contributed by atoms with E-state index in [9.17, 15) is 9.59 Å². The molecule has 1 heterocycles. The first-order chi connectivity index (χ1) is 11.4. The van der Waals surface area contributed by atoms with Gasteiger partial charge in [-0.2, -0.15) is 0 Å². The summed E-state index contributed by atoms with van der Waals surface area (Å²) in [7, 11) is 0. The van der Waals surface area contributed by atoms with Crippen LogP contribution in [-0.2, 0) is 9.53 Å². The Kier molecular flexibility index (Phi) is 6.23. The second-order valence-electron chi connectivity index (χ2n) is 7.19. The number of hydrogen-bond donors (Lipinski definition) is 1. The van der Waals surface area contributed by atoms with Crippen molar-refractivity contribution >= 4 is 12.0 Å². The Morgan fingerprint density at radius 3 is 2.62 bits per heavy atom. The van der Waals surface area contributed by atoms with Gasteiger partial charge < -0.3 is 15.0 Å². The van der Waals surface area contributed by atoms with Crippen LogP contribution in [0.25, 0.3) is 0 Å². The summed E-state index contributed by atoms with van der Waals surface area (Å²) in [5.41, 5.74) is 0.702. The lowest BCUT2D eigenvalue weighted by Gasteiger charge is -2.25. The molecule has 5 nitrogen and oxygen atoms in total. The Balaban J connectivity index is 1.75. The maximum absolute atomic E-state index is 12.5. The molecule has 0 spiro atoms. The first kappa shape index (κ1) is 18.3. The van der Waals surface area contributed by atoms with Gasteiger partial charge in [0.2, 0.25) is 5.91 Å². The number of carbonyl (C=O) groups is 2. The van der Waals surface area contributed by atoms with Gasteiger partial charge in [0.1, 0.15) is 5.60 Å². The summed E-state index contributed by atoms with van der Waals surface area (Å²) in [5, 5.41) is 2.70. The third-order valence-corrected chi connectivity index (χ3v) is 3.99. The lowest BCUT2D eigenvalue weighted by atomic mass is 10.0. The first-order valence-electron chi connectivity index (χ1n) is 8.68. The quantitative estimate of drug-likeness (QED) is 0.837. The number of nitrogens with zero attached hydrogens (tertiary/aromatic N) is 1. The van der Waals surface area contributed by atoms with Crippen LogP contribution in [0, 0.1) is 0 Å². The van der Waals surface area contributed by atoms with Crippen LogP contribution >= 0.6 is 0 Å². The standard InChI is InChI=1S/C19H28N2O3/c1-19(2,3)24-18(23)20-13-7-12-17(22)21-14-8-11-16(21)15-9-5-4-6-10-15/h4-6,9-10,16H,7-8,11-14H2,1-3H3,(H,20,23). The van der Waals surface area contributed by atoms with Crippen LogP contribution in [0.3, 0.4) is 0 Å². The minimum absolute atomic E-state index is 0.160. The summed E-state index contributed by atoms with van der Waals surface area (Å²) in [6.07, 6.45) is 2.70. The van der Waals surface area contributed by atoms with Gasteiger partial charge in [0.05, 0.1) is 6.04 Å². The summed E-state index contributed by atoms with van der Waals surface area (Å²) >= 11 is 0. The van der Waals surface area contributed by atoms with Crippen molar-refractivity contribution in [2.75, 3.05) is 13.1 Å². The van der Waals surface area contributed by atoms with E-state index in [1.165, 1.54) is 5.56 Å². The normalized spacial score (nSPS) is 17.6. The molecule has 1 fully saturated rings. The second kappa shape index (κ2) is 8.18. The molecule has 0 bridgehead atoms. The average Bonchev–Trinajstić information content (AvgIpc) is 3.00. The molecule has 1 N–H and O–H groups in total. The van der Waals surface area contributed by atoms with E-state index in [1.807, 2.05) is 43.9 Å². The van der Waals surface area contributed by atoms with E-state index in [-0.39, 0.29) is 11.9 Å². The average molecular weight is 332 g/mol. The molecule has 0 radical (unpaired) electrons. The monoisotopic (exact) mass is 332 g/mol. The molecule has 132 valence electrons. The highest BCUT2D eigenvalue weighted by Gasteiger charge is 2.29. The van der Waals surface area contributed by atoms with E-state index < -0.39 is 11.7 Å². The Morgan fingerprint density at radius 1 is 1.25 bits per heavy atom. The Labute approximate surface area is 144 Å². The molecule has 1 aromatic carbocycles. The molecule has 5 heteroatoms. The summed E-state index contributed by atoms with van der Waals surface area (Å²) < 4.78 is 5.17. The van der Waals surface area contributed by atoms with E-state index in [0.29, 0.717) is 19.4 Å². The third-order valence-electron chi connectivity index (χ3n) is 3.99. The van der Waals surface area contributed by atoms with Crippen LogP contribution in [0.5, 0.6) is 0 Å². The largest absolute Gasteiger partial charge is 0.444 e. The van der Waals surface area contributed by atoms with Crippen LogP contribution in [0.1, 0.15) is 58.1 Å². The van der Waals surface area contributed by atoms with Crippen LogP contribution in [0.15, 0.2) is 30.3 Å². The van der Waals surface area contributed by atoms with E-state index >= 15 is 0 Å². The molecule has 1 aliphatic heterocycles.